The Kier molecular flexibility index (Phi) is 7.20. The quantitative estimate of drug-likeness (QED) is 0.474. The maximum absolute atomic E-state index is 14.8. The number of alkyl halides is 2. The topological polar surface area (TPSA) is 114 Å². The lowest BCUT2D eigenvalue weighted by Crippen LogP contribution is -2.33. The summed E-state index contributed by atoms with van der Waals surface area (Å²) in [7, 11) is -4.59. The van der Waals surface area contributed by atoms with Gasteiger partial charge in [-0.1, -0.05) is 24.6 Å². The van der Waals surface area contributed by atoms with Crippen molar-refractivity contribution < 1.29 is 30.7 Å². The van der Waals surface area contributed by atoms with Crippen molar-refractivity contribution in [3.63, 3.8) is 0 Å². The summed E-state index contributed by atoms with van der Waals surface area (Å²) in [4.78, 5) is 10.9. The molecule has 0 saturated carbocycles. The second-order valence-corrected chi connectivity index (χ2v) is 9.33. The van der Waals surface area contributed by atoms with E-state index in [4.69, 9.17) is 16.0 Å². The van der Waals surface area contributed by atoms with Crippen LogP contribution in [-0.2, 0) is 10.0 Å². The maximum atomic E-state index is 14.8. The van der Waals surface area contributed by atoms with Gasteiger partial charge in [0.2, 0.25) is 15.9 Å². The molecular formula is C20H19ClF3N3O5S. The molecule has 0 unspecified atom stereocenters. The van der Waals surface area contributed by atoms with Crippen LogP contribution in [0.1, 0.15) is 41.5 Å². The summed E-state index contributed by atoms with van der Waals surface area (Å²) < 4.78 is 78.3. The number of nitrogens with zero attached hydrogens (tertiary/aromatic N) is 1. The van der Waals surface area contributed by atoms with Gasteiger partial charge in [0.15, 0.2) is 0 Å². The lowest BCUT2D eigenvalue weighted by molar-refractivity contribution is -0.0517. The van der Waals surface area contributed by atoms with Gasteiger partial charge in [-0.15, -0.1) is 5.10 Å². The van der Waals surface area contributed by atoms with Crippen molar-refractivity contribution in [2.24, 2.45) is 0 Å². The number of aromatic nitrogens is 2. The van der Waals surface area contributed by atoms with E-state index in [1.165, 1.54) is 19.1 Å². The van der Waals surface area contributed by atoms with Gasteiger partial charge < -0.3 is 9.15 Å². The van der Waals surface area contributed by atoms with Crippen molar-refractivity contribution in [1.82, 2.24) is 14.9 Å². The van der Waals surface area contributed by atoms with Gasteiger partial charge in [-0.3, -0.25) is 0 Å². The minimum Gasteiger partial charge on any atom is -0.433 e. The molecule has 0 spiro atoms. The second-order valence-electron chi connectivity index (χ2n) is 7.21. The SMILES string of the molecule is Cc1ccc(F)c([C@@H](C)[C@H](NS(=O)(=O)c2ccc(Cl)cc2OC(F)F)c2n[nH]c(=O)o2)c1C. The minimum atomic E-state index is -4.59. The Labute approximate surface area is 191 Å². The lowest BCUT2D eigenvalue weighted by Gasteiger charge is -2.25. The highest BCUT2D eigenvalue weighted by Gasteiger charge is 2.34. The van der Waals surface area contributed by atoms with Gasteiger partial charge in [0.25, 0.3) is 0 Å². The zero-order chi connectivity index (χ0) is 24.5. The molecule has 2 N–H and O–H groups in total. The highest BCUT2D eigenvalue weighted by molar-refractivity contribution is 7.89. The molecule has 0 radical (unpaired) electrons. The van der Waals surface area contributed by atoms with Crippen LogP contribution < -0.4 is 15.2 Å². The van der Waals surface area contributed by atoms with Gasteiger partial charge in [-0.05, 0) is 48.7 Å². The molecule has 0 aliphatic heterocycles. The van der Waals surface area contributed by atoms with Crippen LogP contribution in [0.3, 0.4) is 0 Å². The number of aromatic amines is 1. The highest BCUT2D eigenvalue weighted by atomic mass is 35.5. The van der Waals surface area contributed by atoms with Crippen LogP contribution in [0.5, 0.6) is 5.75 Å². The molecule has 0 saturated heterocycles. The highest BCUT2D eigenvalue weighted by Crippen LogP contribution is 2.36. The normalized spacial score (nSPS) is 13.8. The third-order valence-corrected chi connectivity index (χ3v) is 6.82. The molecule has 8 nitrogen and oxygen atoms in total. The van der Waals surface area contributed by atoms with Crippen molar-refractivity contribution in [2.45, 2.75) is 44.2 Å². The first-order chi connectivity index (χ1) is 15.4. The van der Waals surface area contributed by atoms with E-state index < -0.39 is 50.8 Å². The zero-order valence-electron chi connectivity index (χ0n) is 17.5. The van der Waals surface area contributed by atoms with E-state index in [9.17, 15) is 26.4 Å². The van der Waals surface area contributed by atoms with Crippen molar-refractivity contribution in [3.05, 3.63) is 74.3 Å². The Balaban J connectivity index is 2.11. The Morgan fingerprint density at radius 1 is 1.21 bits per heavy atom. The fourth-order valence-corrected chi connectivity index (χ4v) is 4.94. The summed E-state index contributed by atoms with van der Waals surface area (Å²) >= 11 is 5.79. The number of rotatable bonds is 8. The van der Waals surface area contributed by atoms with Gasteiger partial charge in [-0.25, -0.2) is 22.7 Å². The largest absolute Gasteiger partial charge is 0.434 e. The molecule has 2 atom stereocenters. The smallest absolute Gasteiger partial charge is 0.433 e. The Morgan fingerprint density at radius 3 is 2.52 bits per heavy atom. The van der Waals surface area contributed by atoms with E-state index in [-0.39, 0.29) is 16.5 Å². The van der Waals surface area contributed by atoms with E-state index in [2.05, 4.69) is 14.6 Å². The number of aryl methyl sites for hydroxylation is 1. The van der Waals surface area contributed by atoms with Crippen molar-refractivity contribution >= 4 is 21.6 Å². The predicted octanol–water partition coefficient (Wildman–Crippen LogP) is 4.20. The molecule has 1 aromatic heterocycles. The third-order valence-electron chi connectivity index (χ3n) is 5.10. The summed E-state index contributed by atoms with van der Waals surface area (Å²) in [6.07, 6.45) is 0. The van der Waals surface area contributed by atoms with Crippen molar-refractivity contribution in [2.75, 3.05) is 0 Å². The van der Waals surface area contributed by atoms with Crippen LogP contribution in [0, 0.1) is 19.7 Å². The number of halogens is 4. The fourth-order valence-electron chi connectivity index (χ4n) is 3.39. The van der Waals surface area contributed by atoms with Crippen LogP contribution in [0.2, 0.25) is 5.02 Å². The average Bonchev–Trinajstić information content (AvgIpc) is 3.14. The summed E-state index contributed by atoms with van der Waals surface area (Å²) in [6, 6.07) is 4.47. The molecule has 33 heavy (non-hydrogen) atoms. The first kappa shape index (κ1) is 24.8. The third kappa shape index (κ3) is 5.40. The van der Waals surface area contributed by atoms with E-state index in [1.807, 2.05) is 5.10 Å². The van der Waals surface area contributed by atoms with Crippen molar-refractivity contribution in [1.29, 1.82) is 0 Å². The molecule has 0 amide bonds. The Hall–Kier alpha value is -2.83. The number of hydrogen-bond donors (Lipinski definition) is 2. The van der Waals surface area contributed by atoms with Gasteiger partial charge in [0.1, 0.15) is 22.5 Å². The first-order valence-corrected chi connectivity index (χ1v) is 11.3. The number of H-pyrrole nitrogens is 1. The van der Waals surface area contributed by atoms with Gasteiger partial charge >= 0.3 is 12.4 Å². The summed E-state index contributed by atoms with van der Waals surface area (Å²) in [5, 5.41) is 5.67. The molecule has 2 aromatic carbocycles. The molecule has 0 fully saturated rings. The summed E-state index contributed by atoms with van der Waals surface area (Å²) in [5.74, 6) is -3.57. The molecule has 178 valence electrons. The Bertz CT molecular complexity index is 1330. The number of ether oxygens (including phenoxy) is 1. The van der Waals surface area contributed by atoms with Gasteiger partial charge in [-0.2, -0.15) is 13.5 Å². The molecule has 3 rings (SSSR count). The van der Waals surface area contributed by atoms with E-state index in [0.717, 1.165) is 17.7 Å². The van der Waals surface area contributed by atoms with Crippen molar-refractivity contribution in [3.8, 4) is 5.75 Å². The van der Waals surface area contributed by atoms with Crippen LogP contribution in [0.4, 0.5) is 13.2 Å². The van der Waals surface area contributed by atoms with Crippen LogP contribution in [-0.4, -0.2) is 25.2 Å². The number of nitrogens with one attached hydrogen (secondary N) is 2. The Morgan fingerprint density at radius 2 is 1.91 bits per heavy atom. The molecule has 1 heterocycles. The summed E-state index contributed by atoms with van der Waals surface area (Å²) in [5.41, 5.74) is 1.46. The second kappa shape index (κ2) is 9.57. The molecular weight excluding hydrogens is 487 g/mol. The van der Waals surface area contributed by atoms with Crippen LogP contribution in [0.25, 0.3) is 0 Å². The van der Waals surface area contributed by atoms with E-state index in [0.29, 0.717) is 5.56 Å². The summed E-state index contributed by atoms with van der Waals surface area (Å²) in [6.45, 7) is 1.59. The molecule has 3 aromatic rings. The van der Waals surface area contributed by atoms with Gasteiger partial charge in [0.05, 0.1) is 0 Å². The molecule has 0 aliphatic carbocycles. The molecule has 13 heteroatoms. The number of benzene rings is 2. The van der Waals surface area contributed by atoms with Crippen LogP contribution in [0.15, 0.2) is 44.4 Å². The standard InChI is InChI=1S/C20H19ClF3N3O5S/c1-9-4-6-13(22)16(10(9)2)11(3)17(18-25-26-20(28)32-18)27-33(29,30)15-7-5-12(21)8-14(15)31-19(23)24/h4-8,11,17,19,27H,1-3H3,(H,26,28)/t11-,17+/m1/s1. The number of hydrogen-bond acceptors (Lipinski definition) is 6. The first-order valence-electron chi connectivity index (χ1n) is 9.48. The van der Waals surface area contributed by atoms with E-state index >= 15 is 0 Å². The molecule has 0 aliphatic rings. The monoisotopic (exact) mass is 505 g/mol. The zero-order valence-corrected chi connectivity index (χ0v) is 19.1. The van der Waals surface area contributed by atoms with Crippen LogP contribution >= 0.6 is 11.6 Å². The van der Waals surface area contributed by atoms with E-state index in [1.54, 1.807) is 19.9 Å². The minimum absolute atomic E-state index is 0.0368. The predicted molar refractivity (Wildman–Crippen MR) is 113 cm³/mol. The average molecular weight is 506 g/mol. The number of sulfonamides is 1. The lowest BCUT2D eigenvalue weighted by atomic mass is 9.88. The van der Waals surface area contributed by atoms with Gasteiger partial charge in [0, 0.05) is 17.0 Å². The maximum Gasteiger partial charge on any atom is 0.434 e. The molecule has 0 bridgehead atoms. The fraction of sp³-hybridized carbons (Fsp3) is 0.300.